The van der Waals surface area contributed by atoms with Crippen LogP contribution in [0.25, 0.3) is 9.69 Å². The Labute approximate surface area is 383 Å². The number of hydrogen-bond donors (Lipinski definition) is 3. The number of primary amides is 2. The molecule has 0 bridgehead atoms. The lowest BCUT2D eigenvalue weighted by atomic mass is 9.88. The first kappa shape index (κ1) is 49.1. The number of aromatic nitrogens is 6. The molecule has 6 N–H and O–H groups in total. The van der Waals surface area contributed by atoms with E-state index in [-0.39, 0.29) is 32.0 Å². The van der Waals surface area contributed by atoms with Gasteiger partial charge < -0.3 is 26.9 Å². The molecular weight excluding hydrogens is 857 g/mol. The maximum atomic E-state index is 12.0. The van der Waals surface area contributed by atoms with Crippen LogP contribution in [0.3, 0.4) is 0 Å². The Bertz CT molecular complexity index is 2620. The van der Waals surface area contributed by atoms with Gasteiger partial charge in [0, 0.05) is 18.2 Å². The second-order valence-electron chi connectivity index (χ2n) is 14.6. The zero-order valence-electron chi connectivity index (χ0n) is 32.9. The number of aryl methyl sites for hydroxylation is 4. The molecule has 2 fully saturated rings. The Morgan fingerprint density at radius 3 is 1.52 bits per heavy atom. The van der Waals surface area contributed by atoms with Gasteiger partial charge in [-0.25, -0.2) is 19.9 Å². The van der Waals surface area contributed by atoms with Crippen LogP contribution < -0.4 is 17.2 Å². The van der Waals surface area contributed by atoms with Gasteiger partial charge in [0.2, 0.25) is 17.1 Å². The first-order chi connectivity index (χ1) is 29.4. The number of pyridine rings is 2. The normalized spacial score (nSPS) is 13.3. The highest BCUT2D eigenvalue weighted by molar-refractivity contribution is 6.32. The van der Waals surface area contributed by atoms with Crippen molar-refractivity contribution in [2.75, 3.05) is 5.73 Å². The topological polar surface area (TPSA) is 198 Å². The molecule has 4 heterocycles. The molecular formula is C47H48Cl3N11O2. The molecule has 2 amide bonds. The predicted octanol–water partition coefficient (Wildman–Crippen LogP) is 9.54. The number of anilines is 1. The minimum Gasteiger partial charge on any atom is -0.396 e. The summed E-state index contributed by atoms with van der Waals surface area (Å²) in [6.07, 6.45) is 12.7. The molecule has 63 heavy (non-hydrogen) atoms. The van der Waals surface area contributed by atoms with Crippen molar-refractivity contribution < 1.29 is 9.59 Å². The smallest absolute Gasteiger partial charge is 0.269 e. The quantitative estimate of drug-likeness (QED) is 0.0791. The van der Waals surface area contributed by atoms with Gasteiger partial charge >= 0.3 is 0 Å². The highest BCUT2D eigenvalue weighted by Gasteiger charge is 2.51. The summed E-state index contributed by atoms with van der Waals surface area (Å²) in [5, 5.41) is 1.20. The van der Waals surface area contributed by atoms with Gasteiger partial charge in [-0.3, -0.25) is 9.59 Å². The maximum Gasteiger partial charge on any atom is 0.269 e. The fourth-order valence-electron chi connectivity index (χ4n) is 6.95. The molecule has 2 saturated carbocycles. The number of nitrogens with zero attached hydrogens (tertiary/aromatic N) is 8. The van der Waals surface area contributed by atoms with E-state index in [1.807, 2.05) is 54.6 Å². The Morgan fingerprint density at radius 2 is 1.08 bits per heavy atom. The van der Waals surface area contributed by atoms with E-state index in [0.29, 0.717) is 64.6 Å². The summed E-state index contributed by atoms with van der Waals surface area (Å²) in [5.74, 6) is 0.887. The average Bonchev–Trinajstić information content (AvgIpc) is 4.21. The SMILES string of the molecule is C.C.NC(=O)C1(c2ccccc2CCc2nc(Cl)ncc2Cl)CC1.[C-]#[N+]c1ccc(Cc2ncc(Cl)c(CCc3ccccc3C3(C(N)=O)CC3)n2)cn1.[C-]#[N+]c1ccc(N)cn1. The molecule has 0 saturated heterocycles. The third-order valence-electron chi connectivity index (χ3n) is 10.6. The highest BCUT2D eigenvalue weighted by Crippen LogP contribution is 2.50. The summed E-state index contributed by atoms with van der Waals surface area (Å²) in [7, 11) is 0. The zero-order valence-corrected chi connectivity index (χ0v) is 35.1. The molecule has 16 heteroatoms. The zero-order chi connectivity index (χ0) is 43.6. The van der Waals surface area contributed by atoms with E-state index in [1.54, 1.807) is 30.6 Å². The van der Waals surface area contributed by atoms with Crippen molar-refractivity contribution in [3.05, 3.63) is 181 Å². The van der Waals surface area contributed by atoms with Gasteiger partial charge in [0.05, 0.1) is 44.1 Å². The van der Waals surface area contributed by atoms with E-state index in [0.717, 1.165) is 65.6 Å². The van der Waals surface area contributed by atoms with Gasteiger partial charge in [0.15, 0.2) is 0 Å². The second-order valence-corrected chi connectivity index (χ2v) is 15.7. The van der Waals surface area contributed by atoms with Crippen LogP contribution in [0.1, 0.15) is 85.6 Å². The van der Waals surface area contributed by atoms with E-state index < -0.39 is 10.8 Å². The Balaban J connectivity index is 0.000000231. The van der Waals surface area contributed by atoms with Crippen molar-refractivity contribution in [3.8, 4) is 0 Å². The molecule has 2 aromatic carbocycles. The first-order valence-corrected chi connectivity index (χ1v) is 20.4. The highest BCUT2D eigenvalue weighted by atomic mass is 35.5. The Hall–Kier alpha value is -6.51. The number of carbonyl (C=O) groups excluding carboxylic acids is 2. The van der Waals surface area contributed by atoms with E-state index in [2.05, 4.69) is 39.6 Å². The lowest BCUT2D eigenvalue weighted by Crippen LogP contribution is -2.29. The lowest BCUT2D eigenvalue weighted by molar-refractivity contribution is -0.121. The number of rotatable bonds is 12. The third-order valence-corrected chi connectivity index (χ3v) is 11.4. The van der Waals surface area contributed by atoms with Gasteiger partial charge in [0.1, 0.15) is 18.2 Å². The molecule has 13 nitrogen and oxygen atoms in total. The number of benzene rings is 2. The van der Waals surface area contributed by atoms with E-state index >= 15 is 0 Å². The molecule has 4 aromatic heterocycles. The monoisotopic (exact) mass is 903 g/mol. The number of nitrogens with two attached hydrogens (primary N) is 3. The van der Waals surface area contributed by atoms with E-state index in [1.165, 1.54) is 12.4 Å². The number of amides is 2. The van der Waals surface area contributed by atoms with Crippen molar-refractivity contribution in [2.45, 2.75) is 83.5 Å². The number of nitrogen functional groups attached to an aromatic ring is 1. The van der Waals surface area contributed by atoms with Crippen molar-refractivity contribution in [1.29, 1.82) is 0 Å². The molecule has 8 rings (SSSR count). The standard InChI is InChI=1S/C23H20ClN5O.C16H15Cl2N3O.C6H5N3.2CH4/c1-26-20-9-6-15(13-27-20)12-21-28-14-18(24)19(29-21)8-7-16-4-2-3-5-17(16)23(10-11-23)22(25)30;17-12-9-20-15(18)21-13(12)6-5-10-3-1-2-4-11(10)16(7-8-16)14(19)22;1-8-6-3-2-5(7)4-9-6;;/h2-6,9,13-14H,7-8,10-12H2,(H2,25,30);1-4,9H,5-8H2,(H2,19,22);2-4H,7H2;2*1H4. The number of hydrogen-bond acceptors (Lipinski definition) is 9. The van der Waals surface area contributed by atoms with Crippen LogP contribution in [-0.4, -0.2) is 41.7 Å². The van der Waals surface area contributed by atoms with Gasteiger partial charge in [-0.05, 0) is 103 Å². The molecule has 0 unspecified atom stereocenters. The van der Waals surface area contributed by atoms with Crippen molar-refractivity contribution >= 4 is 63.9 Å². The molecule has 2 aliphatic rings. The van der Waals surface area contributed by atoms with Gasteiger partial charge in [-0.1, -0.05) is 106 Å². The molecule has 0 radical (unpaired) electrons. The fourth-order valence-corrected chi connectivity index (χ4v) is 7.48. The summed E-state index contributed by atoms with van der Waals surface area (Å²) < 4.78 is 0. The van der Waals surface area contributed by atoms with Gasteiger partial charge in [-0.2, -0.15) is 0 Å². The van der Waals surface area contributed by atoms with E-state index in [9.17, 15) is 9.59 Å². The minimum atomic E-state index is -0.512. The van der Waals surface area contributed by atoms with Crippen LogP contribution in [0.5, 0.6) is 0 Å². The second kappa shape index (κ2) is 22.0. The van der Waals surface area contributed by atoms with E-state index in [4.69, 9.17) is 65.1 Å². The van der Waals surface area contributed by atoms with Crippen molar-refractivity contribution in [2.24, 2.45) is 11.5 Å². The van der Waals surface area contributed by atoms with Crippen LogP contribution in [-0.2, 0) is 52.5 Å². The van der Waals surface area contributed by atoms with Crippen LogP contribution in [0, 0.1) is 13.1 Å². The summed E-state index contributed by atoms with van der Waals surface area (Å²) >= 11 is 18.3. The number of carbonyl (C=O) groups is 2. The molecule has 0 atom stereocenters. The lowest BCUT2D eigenvalue weighted by Gasteiger charge is -2.16. The summed E-state index contributed by atoms with van der Waals surface area (Å²) in [6, 6.07) is 22.7. The number of halogens is 3. The Morgan fingerprint density at radius 1 is 0.603 bits per heavy atom. The molecule has 0 aliphatic heterocycles. The van der Waals surface area contributed by atoms with Crippen LogP contribution in [0.15, 0.2) is 97.6 Å². The minimum absolute atomic E-state index is 0. The fraction of sp³-hybridized carbons (Fsp3) is 0.277. The van der Waals surface area contributed by atoms with Gasteiger partial charge in [0.25, 0.3) is 11.6 Å². The summed E-state index contributed by atoms with van der Waals surface area (Å²) in [5.41, 5.74) is 22.8. The third kappa shape index (κ3) is 12.3. The van der Waals surface area contributed by atoms with Crippen LogP contribution in [0.4, 0.5) is 17.3 Å². The summed E-state index contributed by atoms with van der Waals surface area (Å²) in [4.78, 5) is 54.9. The summed E-state index contributed by atoms with van der Waals surface area (Å²) in [6.45, 7) is 13.5. The molecule has 0 spiro atoms. The average molecular weight is 905 g/mol. The van der Waals surface area contributed by atoms with Gasteiger partial charge in [-0.15, -0.1) is 9.97 Å². The van der Waals surface area contributed by atoms with Crippen LogP contribution >= 0.6 is 34.8 Å². The molecule has 6 aromatic rings. The van der Waals surface area contributed by atoms with Crippen molar-refractivity contribution in [3.63, 3.8) is 0 Å². The Kier molecular flexibility index (Phi) is 17.2. The maximum absolute atomic E-state index is 12.0. The largest absolute Gasteiger partial charge is 0.396 e. The first-order valence-electron chi connectivity index (χ1n) is 19.2. The van der Waals surface area contributed by atoms with Crippen molar-refractivity contribution in [1.82, 2.24) is 29.9 Å². The molecule has 2 aliphatic carbocycles. The predicted molar refractivity (Wildman–Crippen MR) is 249 cm³/mol. The van der Waals surface area contributed by atoms with Crippen LogP contribution in [0.2, 0.25) is 15.3 Å². The molecule has 324 valence electrons.